The van der Waals surface area contributed by atoms with E-state index in [1.807, 2.05) is 25.1 Å². The van der Waals surface area contributed by atoms with Gasteiger partial charge in [0.05, 0.1) is 14.2 Å². The lowest BCUT2D eigenvalue weighted by atomic mass is 10.1. The molecule has 0 aliphatic heterocycles. The topological polar surface area (TPSA) is 85.4 Å². The number of benzene rings is 1. The van der Waals surface area contributed by atoms with E-state index >= 15 is 0 Å². The first-order chi connectivity index (χ1) is 12.2. The van der Waals surface area contributed by atoms with E-state index in [1.165, 1.54) is 0 Å². The largest absolute Gasteiger partial charge is 0.493 e. The summed E-state index contributed by atoms with van der Waals surface area (Å²) in [6.07, 6.45) is 2.08. The number of ether oxygens (including phenoxy) is 2. The van der Waals surface area contributed by atoms with E-state index in [0.717, 1.165) is 18.4 Å². The average Bonchev–Trinajstić information content (AvgIpc) is 2.63. The molecule has 0 saturated carbocycles. The van der Waals surface area contributed by atoms with Crippen LogP contribution >= 0.6 is 0 Å². The van der Waals surface area contributed by atoms with E-state index in [0.29, 0.717) is 36.1 Å². The second-order valence-corrected chi connectivity index (χ2v) is 5.47. The molecule has 0 atom stereocenters. The fourth-order valence-electron chi connectivity index (χ4n) is 2.30. The third-order valence-electron chi connectivity index (χ3n) is 3.58. The number of amides is 1. The summed E-state index contributed by atoms with van der Waals surface area (Å²) in [4.78, 5) is 11.5. The molecule has 0 unspecified atom stereocenters. The van der Waals surface area contributed by atoms with Crippen molar-refractivity contribution in [2.45, 2.75) is 26.2 Å². The molecule has 0 aliphatic rings. The summed E-state index contributed by atoms with van der Waals surface area (Å²) in [7, 11) is 3.24. The van der Waals surface area contributed by atoms with E-state index in [2.05, 4.69) is 20.8 Å². The molecule has 1 amide bonds. The summed E-state index contributed by atoms with van der Waals surface area (Å²) in [6, 6.07) is 9.38. The van der Waals surface area contributed by atoms with Crippen molar-refractivity contribution in [3.05, 3.63) is 35.9 Å². The zero-order valence-corrected chi connectivity index (χ0v) is 14.8. The van der Waals surface area contributed by atoms with Crippen molar-refractivity contribution in [2.75, 3.05) is 31.4 Å². The van der Waals surface area contributed by atoms with Crippen molar-refractivity contribution in [2.24, 2.45) is 0 Å². The van der Waals surface area contributed by atoms with Gasteiger partial charge in [-0.25, -0.2) is 0 Å². The van der Waals surface area contributed by atoms with Crippen LogP contribution in [0.15, 0.2) is 30.3 Å². The molecule has 0 spiro atoms. The van der Waals surface area contributed by atoms with Gasteiger partial charge in [-0.15, -0.1) is 10.2 Å². The molecule has 0 fully saturated rings. The quantitative estimate of drug-likeness (QED) is 0.727. The number of rotatable bonds is 9. The maximum atomic E-state index is 11.5. The fourth-order valence-corrected chi connectivity index (χ4v) is 2.30. The molecule has 134 valence electrons. The van der Waals surface area contributed by atoms with Gasteiger partial charge in [0, 0.05) is 13.0 Å². The molecule has 1 aromatic carbocycles. The summed E-state index contributed by atoms with van der Waals surface area (Å²) < 4.78 is 10.5. The first-order valence-corrected chi connectivity index (χ1v) is 8.24. The minimum Gasteiger partial charge on any atom is -0.493 e. The minimum absolute atomic E-state index is 0.0500. The lowest BCUT2D eigenvalue weighted by molar-refractivity contribution is -0.116. The molecular weight excluding hydrogens is 320 g/mol. The number of hydrogen-bond acceptors (Lipinski definition) is 6. The lowest BCUT2D eigenvalue weighted by Gasteiger charge is -2.10. The zero-order chi connectivity index (χ0) is 18.1. The second-order valence-electron chi connectivity index (χ2n) is 5.47. The van der Waals surface area contributed by atoms with Crippen LogP contribution in [0.2, 0.25) is 0 Å². The minimum atomic E-state index is -0.0500. The predicted octanol–water partition coefficient (Wildman–Crippen LogP) is 2.89. The molecular formula is C18H24N4O3. The van der Waals surface area contributed by atoms with E-state index in [1.54, 1.807) is 26.4 Å². The maximum absolute atomic E-state index is 11.5. The average molecular weight is 344 g/mol. The van der Waals surface area contributed by atoms with Crippen molar-refractivity contribution < 1.29 is 14.3 Å². The number of carbonyl (C=O) groups is 1. The van der Waals surface area contributed by atoms with Gasteiger partial charge in [0.25, 0.3) is 0 Å². The van der Waals surface area contributed by atoms with E-state index in [4.69, 9.17) is 9.47 Å². The van der Waals surface area contributed by atoms with Crippen LogP contribution in [0, 0.1) is 0 Å². The van der Waals surface area contributed by atoms with Crippen molar-refractivity contribution in [3.63, 3.8) is 0 Å². The van der Waals surface area contributed by atoms with Gasteiger partial charge in [-0.1, -0.05) is 13.0 Å². The number of aromatic nitrogens is 2. The highest BCUT2D eigenvalue weighted by Crippen LogP contribution is 2.27. The molecule has 0 radical (unpaired) electrons. The third kappa shape index (κ3) is 5.63. The van der Waals surface area contributed by atoms with Gasteiger partial charge in [-0.3, -0.25) is 4.79 Å². The Kier molecular flexibility index (Phi) is 7.00. The van der Waals surface area contributed by atoms with Crippen LogP contribution in [-0.4, -0.2) is 36.9 Å². The van der Waals surface area contributed by atoms with Gasteiger partial charge in [0.15, 0.2) is 17.3 Å². The van der Waals surface area contributed by atoms with Gasteiger partial charge in [0.2, 0.25) is 5.91 Å². The summed E-state index contributed by atoms with van der Waals surface area (Å²) in [6.45, 7) is 2.66. The maximum Gasteiger partial charge on any atom is 0.225 e. The summed E-state index contributed by atoms with van der Waals surface area (Å²) in [5.41, 5.74) is 1.13. The van der Waals surface area contributed by atoms with Crippen LogP contribution in [0.3, 0.4) is 0 Å². The second kappa shape index (κ2) is 9.46. The molecule has 7 nitrogen and oxygen atoms in total. The first-order valence-electron chi connectivity index (χ1n) is 8.24. The predicted molar refractivity (Wildman–Crippen MR) is 97.3 cm³/mol. The number of methoxy groups -OCH3 is 2. The van der Waals surface area contributed by atoms with Gasteiger partial charge >= 0.3 is 0 Å². The molecule has 2 rings (SSSR count). The molecule has 0 saturated heterocycles. The Labute approximate surface area is 147 Å². The van der Waals surface area contributed by atoms with Crippen LogP contribution in [0.25, 0.3) is 0 Å². The molecule has 7 heteroatoms. The van der Waals surface area contributed by atoms with Gasteiger partial charge < -0.3 is 20.1 Å². The Morgan fingerprint density at radius 1 is 1.04 bits per heavy atom. The fraction of sp³-hybridized carbons (Fsp3) is 0.389. The number of nitrogens with one attached hydrogen (secondary N) is 2. The number of anilines is 2. The number of hydrogen-bond donors (Lipinski definition) is 2. The Balaban J connectivity index is 1.84. The Bertz CT molecular complexity index is 689. The SMILES string of the molecule is CCCC(=O)Nc1ccc(NCCc2ccc(OC)c(OC)c2)nn1. The molecule has 1 heterocycles. The van der Waals surface area contributed by atoms with Crippen LogP contribution in [0.5, 0.6) is 11.5 Å². The Morgan fingerprint density at radius 3 is 2.40 bits per heavy atom. The van der Waals surface area contributed by atoms with Crippen molar-refractivity contribution in [1.82, 2.24) is 10.2 Å². The highest BCUT2D eigenvalue weighted by molar-refractivity contribution is 5.89. The monoisotopic (exact) mass is 344 g/mol. The zero-order valence-electron chi connectivity index (χ0n) is 14.8. The van der Waals surface area contributed by atoms with Crippen molar-refractivity contribution >= 4 is 17.5 Å². The number of nitrogens with zero attached hydrogens (tertiary/aromatic N) is 2. The summed E-state index contributed by atoms with van der Waals surface area (Å²) >= 11 is 0. The van der Waals surface area contributed by atoms with Crippen LogP contribution in [-0.2, 0) is 11.2 Å². The molecule has 1 aromatic heterocycles. The Hall–Kier alpha value is -2.83. The van der Waals surface area contributed by atoms with Crippen molar-refractivity contribution in [3.8, 4) is 11.5 Å². The van der Waals surface area contributed by atoms with Crippen LogP contribution in [0.1, 0.15) is 25.3 Å². The van der Waals surface area contributed by atoms with Gasteiger partial charge in [-0.2, -0.15) is 0 Å². The van der Waals surface area contributed by atoms with E-state index < -0.39 is 0 Å². The highest BCUT2D eigenvalue weighted by atomic mass is 16.5. The van der Waals surface area contributed by atoms with Crippen LogP contribution in [0.4, 0.5) is 11.6 Å². The summed E-state index contributed by atoms with van der Waals surface area (Å²) in [5.74, 6) is 2.50. The summed E-state index contributed by atoms with van der Waals surface area (Å²) in [5, 5.41) is 14.0. The molecule has 0 aliphatic carbocycles. The first kappa shape index (κ1) is 18.5. The smallest absolute Gasteiger partial charge is 0.225 e. The van der Waals surface area contributed by atoms with Crippen molar-refractivity contribution in [1.29, 1.82) is 0 Å². The molecule has 2 N–H and O–H groups in total. The normalized spacial score (nSPS) is 10.2. The highest BCUT2D eigenvalue weighted by Gasteiger charge is 2.05. The number of carbonyl (C=O) groups excluding carboxylic acids is 1. The van der Waals surface area contributed by atoms with E-state index in [9.17, 15) is 4.79 Å². The molecule has 2 aromatic rings. The van der Waals surface area contributed by atoms with Gasteiger partial charge in [0.1, 0.15) is 5.82 Å². The van der Waals surface area contributed by atoms with Gasteiger partial charge in [-0.05, 0) is 42.7 Å². The third-order valence-corrected chi connectivity index (χ3v) is 3.58. The Morgan fingerprint density at radius 2 is 1.76 bits per heavy atom. The molecule has 0 bridgehead atoms. The standard InChI is InChI=1S/C18H24N4O3/c1-4-5-18(23)20-17-9-8-16(21-22-17)19-11-10-13-6-7-14(24-2)15(12-13)25-3/h6-9,12H,4-5,10-11H2,1-3H3,(H,19,21)(H,20,22,23). The lowest BCUT2D eigenvalue weighted by Crippen LogP contribution is -2.13. The molecule has 25 heavy (non-hydrogen) atoms. The van der Waals surface area contributed by atoms with E-state index in [-0.39, 0.29) is 5.91 Å². The van der Waals surface area contributed by atoms with Crippen LogP contribution < -0.4 is 20.1 Å².